The van der Waals surface area contributed by atoms with Crippen molar-refractivity contribution < 1.29 is 0 Å². The number of H-pyrrole nitrogens is 1. The highest BCUT2D eigenvalue weighted by Crippen LogP contribution is 2.22. The van der Waals surface area contributed by atoms with Crippen molar-refractivity contribution >= 4 is 17.9 Å². The Kier molecular flexibility index (Phi) is 4.65. The molecule has 1 aromatic heterocycles. The van der Waals surface area contributed by atoms with Crippen molar-refractivity contribution in [3.63, 3.8) is 0 Å². The van der Waals surface area contributed by atoms with Crippen LogP contribution in [0.1, 0.15) is 39.3 Å². The molecule has 1 aromatic carbocycles. The van der Waals surface area contributed by atoms with E-state index in [1.165, 1.54) is 11.4 Å². The summed E-state index contributed by atoms with van der Waals surface area (Å²) in [5.41, 5.74) is 3.59. The number of hydrogen-bond donors (Lipinski definition) is 1. The minimum Gasteiger partial charge on any atom is -0.372 e. The Labute approximate surface area is 126 Å². The Hall–Kier alpha value is -1.55. The van der Waals surface area contributed by atoms with Gasteiger partial charge in [0.1, 0.15) is 0 Å². The maximum absolute atomic E-state index is 5.40. The summed E-state index contributed by atoms with van der Waals surface area (Å²) in [6.45, 7) is 10.8. The topological polar surface area (TPSA) is 24.0 Å². The normalized spacial score (nSPS) is 11.1. The summed E-state index contributed by atoms with van der Waals surface area (Å²) in [7, 11) is 0. The molecule has 0 saturated heterocycles. The van der Waals surface area contributed by atoms with Crippen LogP contribution in [0.5, 0.6) is 0 Å². The van der Waals surface area contributed by atoms with Gasteiger partial charge in [0, 0.05) is 36.4 Å². The van der Waals surface area contributed by atoms with E-state index in [0.717, 1.165) is 23.5 Å². The molecule has 0 amide bonds. The number of benzene rings is 1. The van der Waals surface area contributed by atoms with Crippen LogP contribution >= 0.6 is 12.2 Å². The fourth-order valence-corrected chi connectivity index (χ4v) is 2.74. The molecule has 0 aliphatic heterocycles. The van der Waals surface area contributed by atoms with E-state index >= 15 is 0 Å². The molecule has 4 heteroatoms. The van der Waals surface area contributed by atoms with Gasteiger partial charge in [-0.3, -0.25) is 4.57 Å². The van der Waals surface area contributed by atoms with Gasteiger partial charge < -0.3 is 9.88 Å². The number of rotatable bonds is 5. The van der Waals surface area contributed by atoms with Crippen molar-refractivity contribution in [1.82, 2.24) is 9.55 Å². The zero-order valence-electron chi connectivity index (χ0n) is 12.7. The molecule has 0 spiro atoms. The number of nitrogens with zero attached hydrogens (tertiary/aromatic N) is 2. The van der Waals surface area contributed by atoms with Gasteiger partial charge in [-0.15, -0.1) is 0 Å². The van der Waals surface area contributed by atoms with Crippen molar-refractivity contribution in [3.05, 3.63) is 40.9 Å². The molecule has 0 atom stereocenters. The minimum atomic E-state index is 0.436. The van der Waals surface area contributed by atoms with Gasteiger partial charge in [-0.2, -0.15) is 0 Å². The zero-order chi connectivity index (χ0) is 14.7. The molecule has 20 heavy (non-hydrogen) atoms. The second-order valence-corrected chi connectivity index (χ2v) is 5.58. The fraction of sp³-hybridized carbons (Fsp3) is 0.438. The van der Waals surface area contributed by atoms with Gasteiger partial charge in [0.15, 0.2) is 4.77 Å². The van der Waals surface area contributed by atoms with Gasteiger partial charge in [0.2, 0.25) is 0 Å². The van der Waals surface area contributed by atoms with Crippen LogP contribution in [0.25, 0.3) is 5.69 Å². The molecule has 3 nitrogen and oxygen atoms in total. The van der Waals surface area contributed by atoms with Crippen molar-refractivity contribution in [2.45, 2.75) is 33.6 Å². The second kappa shape index (κ2) is 6.27. The van der Waals surface area contributed by atoms with Crippen molar-refractivity contribution in [2.24, 2.45) is 0 Å². The van der Waals surface area contributed by atoms with Gasteiger partial charge >= 0.3 is 0 Å². The van der Waals surface area contributed by atoms with Gasteiger partial charge in [0.25, 0.3) is 0 Å². The predicted octanol–water partition coefficient (Wildman–Crippen LogP) is 4.50. The van der Waals surface area contributed by atoms with Gasteiger partial charge in [-0.05, 0) is 56.2 Å². The minimum absolute atomic E-state index is 0.436. The third kappa shape index (κ3) is 2.80. The van der Waals surface area contributed by atoms with Gasteiger partial charge in [0.05, 0.1) is 0 Å². The van der Waals surface area contributed by atoms with E-state index in [0.29, 0.717) is 5.92 Å². The van der Waals surface area contributed by atoms with Crippen LogP contribution in [0.4, 0.5) is 5.69 Å². The summed E-state index contributed by atoms with van der Waals surface area (Å²) in [4.78, 5) is 5.48. The Morgan fingerprint density at radius 2 is 1.75 bits per heavy atom. The summed E-state index contributed by atoms with van der Waals surface area (Å²) in [6, 6.07) is 8.62. The average Bonchev–Trinajstić information content (AvgIpc) is 2.83. The lowest BCUT2D eigenvalue weighted by Gasteiger charge is -2.21. The molecule has 0 aliphatic rings. The molecule has 0 fully saturated rings. The first-order chi connectivity index (χ1) is 9.58. The monoisotopic (exact) mass is 289 g/mol. The maximum Gasteiger partial charge on any atom is 0.182 e. The largest absolute Gasteiger partial charge is 0.372 e. The number of hydrogen-bond acceptors (Lipinski definition) is 2. The fourth-order valence-electron chi connectivity index (χ4n) is 2.47. The van der Waals surface area contributed by atoms with E-state index in [-0.39, 0.29) is 0 Å². The van der Waals surface area contributed by atoms with Crippen molar-refractivity contribution in [1.29, 1.82) is 0 Å². The highest BCUT2D eigenvalue weighted by Gasteiger charge is 2.10. The third-order valence-electron chi connectivity index (χ3n) is 3.63. The number of imidazole rings is 1. The molecular formula is C16H23N3S. The number of anilines is 1. The molecule has 2 aromatic rings. The Bertz CT molecular complexity index is 603. The van der Waals surface area contributed by atoms with E-state index in [1.807, 2.05) is 6.20 Å². The Balaban J connectivity index is 2.40. The van der Waals surface area contributed by atoms with Crippen molar-refractivity contribution in [2.75, 3.05) is 18.0 Å². The Morgan fingerprint density at radius 1 is 1.15 bits per heavy atom. The van der Waals surface area contributed by atoms with E-state index in [1.54, 1.807) is 0 Å². The van der Waals surface area contributed by atoms with E-state index in [4.69, 9.17) is 12.2 Å². The molecule has 0 saturated carbocycles. The molecule has 1 heterocycles. The van der Waals surface area contributed by atoms with Crippen LogP contribution in [0.2, 0.25) is 0 Å². The van der Waals surface area contributed by atoms with Crippen LogP contribution in [-0.2, 0) is 0 Å². The highest BCUT2D eigenvalue weighted by molar-refractivity contribution is 7.71. The number of aromatic nitrogens is 2. The smallest absolute Gasteiger partial charge is 0.182 e. The standard InChI is InChI=1S/C16H23N3S/c1-5-18(6-2)13-7-9-14(10-8-13)19-15(12(3)4)11-17-16(19)20/h7-12H,5-6H2,1-4H3,(H,17,20). The molecule has 2 rings (SSSR count). The third-order valence-corrected chi connectivity index (χ3v) is 3.93. The van der Waals surface area contributed by atoms with E-state index in [9.17, 15) is 0 Å². The second-order valence-electron chi connectivity index (χ2n) is 5.20. The van der Waals surface area contributed by atoms with E-state index in [2.05, 4.69) is 66.4 Å². The molecule has 0 unspecified atom stereocenters. The van der Waals surface area contributed by atoms with Gasteiger partial charge in [-0.1, -0.05) is 13.8 Å². The molecule has 0 bridgehead atoms. The SMILES string of the molecule is CCN(CC)c1ccc(-n2c(C(C)C)c[nH]c2=S)cc1. The Morgan fingerprint density at radius 3 is 2.25 bits per heavy atom. The highest BCUT2D eigenvalue weighted by atomic mass is 32.1. The lowest BCUT2D eigenvalue weighted by atomic mass is 10.1. The van der Waals surface area contributed by atoms with Crippen LogP contribution < -0.4 is 4.90 Å². The maximum atomic E-state index is 5.40. The first-order valence-electron chi connectivity index (χ1n) is 7.24. The molecule has 0 radical (unpaired) electrons. The van der Waals surface area contributed by atoms with E-state index < -0.39 is 0 Å². The molecule has 1 N–H and O–H groups in total. The lowest BCUT2D eigenvalue weighted by Crippen LogP contribution is -2.21. The summed E-state index contributed by atoms with van der Waals surface area (Å²) in [6.07, 6.45) is 2.01. The quantitative estimate of drug-likeness (QED) is 0.819. The van der Waals surface area contributed by atoms with Crippen LogP contribution in [-0.4, -0.2) is 22.6 Å². The van der Waals surface area contributed by atoms with Crippen LogP contribution in [0, 0.1) is 4.77 Å². The summed E-state index contributed by atoms with van der Waals surface area (Å²) < 4.78 is 2.87. The number of nitrogens with one attached hydrogen (secondary N) is 1. The summed E-state index contributed by atoms with van der Waals surface area (Å²) in [5, 5.41) is 0. The number of aromatic amines is 1. The first kappa shape index (κ1) is 14.9. The van der Waals surface area contributed by atoms with Crippen molar-refractivity contribution in [3.8, 4) is 5.69 Å². The summed E-state index contributed by atoms with van der Waals surface area (Å²) >= 11 is 5.40. The van der Waals surface area contributed by atoms with Crippen LogP contribution in [0.3, 0.4) is 0 Å². The molecular weight excluding hydrogens is 266 g/mol. The van der Waals surface area contributed by atoms with Crippen LogP contribution in [0.15, 0.2) is 30.5 Å². The lowest BCUT2D eigenvalue weighted by molar-refractivity contribution is 0.783. The zero-order valence-corrected chi connectivity index (χ0v) is 13.5. The van der Waals surface area contributed by atoms with Gasteiger partial charge in [-0.25, -0.2) is 0 Å². The molecule has 108 valence electrons. The molecule has 0 aliphatic carbocycles. The summed E-state index contributed by atoms with van der Waals surface area (Å²) in [5.74, 6) is 0.436. The average molecular weight is 289 g/mol. The first-order valence-corrected chi connectivity index (χ1v) is 7.65. The predicted molar refractivity (Wildman–Crippen MR) is 88.6 cm³/mol.